The van der Waals surface area contributed by atoms with E-state index in [2.05, 4.69) is 24.1 Å². The number of hydrogen-bond donors (Lipinski definition) is 3. The van der Waals surface area contributed by atoms with Crippen molar-refractivity contribution in [2.24, 2.45) is 0 Å². The van der Waals surface area contributed by atoms with Crippen LogP contribution in [0.2, 0.25) is 0 Å². The lowest BCUT2D eigenvalue weighted by molar-refractivity contribution is 0.476. The summed E-state index contributed by atoms with van der Waals surface area (Å²) >= 11 is 0. The molecule has 0 aliphatic carbocycles. The molecule has 0 rings (SSSR count). The molecule has 0 unspecified atom stereocenters. The van der Waals surface area contributed by atoms with Crippen molar-refractivity contribution < 1.29 is 5.11 Å². The Kier molecular flexibility index (Phi) is 19.2. The van der Waals surface area contributed by atoms with Gasteiger partial charge in [0.15, 0.2) is 0 Å². The molecule has 0 aromatic heterocycles. The molecule has 10 heavy (non-hydrogen) atoms. The maximum Gasteiger partial charge on any atom is 0.0719 e. The molecule has 0 aromatic rings. The van der Waals surface area contributed by atoms with Crippen LogP contribution in [0.4, 0.5) is 0 Å². The first-order valence-electron chi connectivity index (χ1n) is 3.43. The Labute approximate surface area is 63.1 Å². The van der Waals surface area contributed by atoms with Crippen molar-refractivity contribution >= 4 is 0 Å². The summed E-state index contributed by atoms with van der Waals surface area (Å²) in [5, 5.41) is 13.6. The number of nitrogens with one attached hydrogen (secondary N) is 2. The van der Waals surface area contributed by atoms with E-state index in [1.807, 2.05) is 7.05 Å². The largest absolute Gasteiger partial charge is 0.516 e. The lowest BCUT2D eigenvalue weighted by Gasteiger charge is -1.96. The fraction of sp³-hybridized carbons (Fsp3) is 0.714. The molecule has 0 heterocycles. The Morgan fingerprint density at radius 3 is 2.30 bits per heavy atom. The maximum atomic E-state index is 7.33. The summed E-state index contributed by atoms with van der Waals surface area (Å²) in [5.41, 5.74) is 0. The van der Waals surface area contributed by atoms with Gasteiger partial charge in [-0.1, -0.05) is 13.5 Å². The summed E-state index contributed by atoms with van der Waals surface area (Å²) in [6, 6.07) is 0. The van der Waals surface area contributed by atoms with Crippen LogP contribution in [0, 0.1) is 0 Å². The van der Waals surface area contributed by atoms with E-state index in [-0.39, 0.29) is 0 Å². The Bertz CT molecular complexity index is 53.6. The monoisotopic (exact) mass is 146 g/mol. The first-order chi connectivity index (χ1) is 4.83. The van der Waals surface area contributed by atoms with E-state index in [9.17, 15) is 0 Å². The predicted molar refractivity (Wildman–Crippen MR) is 45.3 cm³/mol. The van der Waals surface area contributed by atoms with Crippen LogP contribution < -0.4 is 10.6 Å². The highest BCUT2D eigenvalue weighted by molar-refractivity contribution is 4.42. The van der Waals surface area contributed by atoms with Crippen molar-refractivity contribution in [2.75, 3.05) is 26.7 Å². The summed E-state index contributed by atoms with van der Waals surface area (Å²) in [5.74, 6) is 0. The highest BCUT2D eigenvalue weighted by Gasteiger charge is 1.75. The summed E-state index contributed by atoms with van der Waals surface area (Å²) in [6.07, 6.45) is 0.750. The van der Waals surface area contributed by atoms with Crippen molar-refractivity contribution in [2.45, 2.75) is 6.92 Å². The lowest BCUT2D eigenvalue weighted by Crippen LogP contribution is -2.24. The van der Waals surface area contributed by atoms with Crippen molar-refractivity contribution in [3.05, 3.63) is 12.8 Å². The van der Waals surface area contributed by atoms with Crippen LogP contribution >= 0.6 is 0 Å². The van der Waals surface area contributed by atoms with Crippen LogP contribution in [0.5, 0.6) is 0 Å². The Morgan fingerprint density at radius 2 is 2.00 bits per heavy atom. The quantitative estimate of drug-likeness (QED) is 0.400. The minimum absolute atomic E-state index is 0.750. The minimum Gasteiger partial charge on any atom is -0.516 e. The Hall–Kier alpha value is -0.540. The molecule has 3 heteroatoms. The number of aliphatic hydroxyl groups is 1. The number of rotatable bonds is 4. The van der Waals surface area contributed by atoms with Gasteiger partial charge in [-0.05, 0) is 13.6 Å². The molecule has 0 spiro atoms. The maximum absolute atomic E-state index is 7.33. The molecule has 0 fully saturated rings. The van der Waals surface area contributed by atoms with Gasteiger partial charge in [-0.3, -0.25) is 0 Å². The van der Waals surface area contributed by atoms with E-state index in [1.54, 1.807) is 0 Å². The second-order valence-corrected chi connectivity index (χ2v) is 1.64. The second kappa shape index (κ2) is 15.8. The van der Waals surface area contributed by atoms with Gasteiger partial charge in [0.25, 0.3) is 0 Å². The van der Waals surface area contributed by atoms with E-state index in [0.717, 1.165) is 25.9 Å². The number of hydrogen-bond acceptors (Lipinski definition) is 3. The fourth-order valence-electron chi connectivity index (χ4n) is 0.390. The highest BCUT2D eigenvalue weighted by atomic mass is 16.2. The molecule has 3 N–H and O–H groups in total. The molecule has 0 atom stereocenters. The Morgan fingerprint density at radius 1 is 1.50 bits per heavy atom. The normalized spacial score (nSPS) is 7.80. The number of likely N-dealkylation sites (N-methyl/N-ethyl adjacent to an activating group) is 2. The molecule has 0 bridgehead atoms. The predicted octanol–water partition coefficient (Wildman–Crippen LogP) is 0.503. The van der Waals surface area contributed by atoms with Gasteiger partial charge in [0.2, 0.25) is 0 Å². The van der Waals surface area contributed by atoms with E-state index in [0.29, 0.717) is 0 Å². The smallest absolute Gasteiger partial charge is 0.0719 e. The van der Waals surface area contributed by atoms with Crippen molar-refractivity contribution in [3.8, 4) is 0 Å². The SMILES string of the molecule is C=CO.CCNCCNC. The zero-order valence-electron chi connectivity index (χ0n) is 6.85. The highest BCUT2D eigenvalue weighted by Crippen LogP contribution is 1.52. The van der Waals surface area contributed by atoms with Gasteiger partial charge in [0, 0.05) is 13.1 Å². The van der Waals surface area contributed by atoms with Gasteiger partial charge in [-0.25, -0.2) is 0 Å². The van der Waals surface area contributed by atoms with Gasteiger partial charge in [0.1, 0.15) is 0 Å². The summed E-state index contributed by atoms with van der Waals surface area (Å²) in [6.45, 7) is 8.23. The van der Waals surface area contributed by atoms with Gasteiger partial charge in [-0.2, -0.15) is 0 Å². The van der Waals surface area contributed by atoms with Crippen molar-refractivity contribution in [1.29, 1.82) is 0 Å². The van der Waals surface area contributed by atoms with Crippen LogP contribution in [-0.4, -0.2) is 31.8 Å². The van der Waals surface area contributed by atoms with E-state index < -0.39 is 0 Å². The molecule has 0 saturated heterocycles. The topological polar surface area (TPSA) is 44.3 Å². The van der Waals surface area contributed by atoms with Gasteiger partial charge in [0.05, 0.1) is 6.26 Å². The molecule has 0 aliphatic heterocycles. The molecule has 3 nitrogen and oxygen atoms in total. The average Bonchev–Trinajstić information content (AvgIpc) is 1.91. The van der Waals surface area contributed by atoms with Crippen LogP contribution in [0.25, 0.3) is 0 Å². The van der Waals surface area contributed by atoms with E-state index in [1.165, 1.54) is 0 Å². The minimum atomic E-state index is 0.750. The van der Waals surface area contributed by atoms with Gasteiger partial charge < -0.3 is 15.7 Å². The molecular weight excluding hydrogens is 128 g/mol. The summed E-state index contributed by atoms with van der Waals surface area (Å²) in [4.78, 5) is 0. The van der Waals surface area contributed by atoms with Crippen molar-refractivity contribution in [3.63, 3.8) is 0 Å². The summed E-state index contributed by atoms with van der Waals surface area (Å²) in [7, 11) is 1.96. The van der Waals surface area contributed by atoms with Crippen LogP contribution in [0.1, 0.15) is 6.92 Å². The molecule has 0 radical (unpaired) electrons. The zero-order chi connectivity index (χ0) is 8.24. The average molecular weight is 146 g/mol. The van der Waals surface area contributed by atoms with E-state index >= 15 is 0 Å². The van der Waals surface area contributed by atoms with Crippen LogP contribution in [0.3, 0.4) is 0 Å². The molecule has 0 aliphatic rings. The molecular formula is C7H18N2O. The Balaban J connectivity index is 0. The van der Waals surface area contributed by atoms with E-state index in [4.69, 9.17) is 5.11 Å². The third-order valence-corrected chi connectivity index (χ3v) is 0.802. The molecule has 0 amide bonds. The third-order valence-electron chi connectivity index (χ3n) is 0.802. The zero-order valence-corrected chi connectivity index (χ0v) is 6.85. The van der Waals surface area contributed by atoms with Gasteiger partial charge >= 0.3 is 0 Å². The molecule has 62 valence electrons. The fourth-order valence-corrected chi connectivity index (χ4v) is 0.390. The van der Waals surface area contributed by atoms with Crippen LogP contribution in [-0.2, 0) is 0 Å². The molecule has 0 aromatic carbocycles. The second-order valence-electron chi connectivity index (χ2n) is 1.64. The van der Waals surface area contributed by atoms with Crippen molar-refractivity contribution in [1.82, 2.24) is 10.6 Å². The first kappa shape index (κ1) is 12.2. The number of aliphatic hydroxyl groups excluding tert-OH is 1. The van der Waals surface area contributed by atoms with Gasteiger partial charge in [-0.15, -0.1) is 0 Å². The van der Waals surface area contributed by atoms with Crippen LogP contribution in [0.15, 0.2) is 12.8 Å². The molecule has 0 saturated carbocycles. The first-order valence-corrected chi connectivity index (χ1v) is 3.43. The standard InChI is InChI=1S/C5H14N2.C2H4O/c1-3-7-5-4-6-2;1-2-3/h6-7H,3-5H2,1-2H3;2-3H,1H2. The lowest BCUT2D eigenvalue weighted by atomic mass is 10.6. The summed E-state index contributed by atoms with van der Waals surface area (Å²) < 4.78 is 0. The third kappa shape index (κ3) is 26.0.